The molecule has 0 amide bonds. The van der Waals surface area contributed by atoms with Gasteiger partial charge >= 0.3 is 0 Å². The van der Waals surface area contributed by atoms with Gasteiger partial charge in [-0.1, -0.05) is 48.0 Å². The molecule has 0 unspecified atom stereocenters. The lowest BCUT2D eigenvalue weighted by molar-refractivity contribution is -0.157. The van der Waals surface area contributed by atoms with Gasteiger partial charge in [0.1, 0.15) is 5.75 Å². The number of nitrogens with one attached hydrogen (secondary N) is 1. The Balaban J connectivity index is 1.59. The van der Waals surface area contributed by atoms with E-state index >= 15 is 0 Å². The van der Waals surface area contributed by atoms with Gasteiger partial charge in [0.25, 0.3) is 0 Å². The third-order valence-corrected chi connectivity index (χ3v) is 6.08. The normalized spacial score (nSPS) is 24.4. The molecule has 1 saturated heterocycles. The zero-order chi connectivity index (χ0) is 17.7. The molecule has 2 aromatic carbocycles. The fourth-order valence-corrected chi connectivity index (χ4v) is 4.50. The van der Waals surface area contributed by atoms with Crippen molar-refractivity contribution in [3.63, 3.8) is 0 Å². The number of rotatable bonds is 1. The van der Waals surface area contributed by atoms with Gasteiger partial charge in [-0.2, -0.15) is 5.01 Å². The van der Waals surface area contributed by atoms with Crippen LogP contribution in [0.15, 0.2) is 54.6 Å². The minimum atomic E-state index is -0.328. The minimum Gasteiger partial charge on any atom is -0.470 e. The first-order chi connectivity index (χ1) is 12.7. The minimum absolute atomic E-state index is 0.148. The van der Waals surface area contributed by atoms with Crippen molar-refractivity contribution < 1.29 is 4.74 Å². The molecule has 1 fully saturated rings. The molecule has 2 aromatic rings. The van der Waals surface area contributed by atoms with Gasteiger partial charge in [-0.3, -0.25) is 0 Å². The van der Waals surface area contributed by atoms with E-state index in [2.05, 4.69) is 58.8 Å². The molecular weight excluding hydrogens is 346 g/mol. The molecular formula is C21H22ClN3O. The smallest absolute Gasteiger partial charge is 0.182 e. The number of hydrazine groups is 1. The van der Waals surface area contributed by atoms with E-state index in [1.165, 1.54) is 5.56 Å². The number of halogens is 1. The van der Waals surface area contributed by atoms with E-state index in [4.69, 9.17) is 16.3 Å². The predicted octanol–water partition coefficient (Wildman–Crippen LogP) is 4.06. The second-order valence-corrected chi connectivity index (χ2v) is 7.78. The van der Waals surface area contributed by atoms with E-state index in [9.17, 15) is 0 Å². The molecule has 0 saturated carbocycles. The van der Waals surface area contributed by atoms with Crippen molar-refractivity contribution in [2.75, 3.05) is 20.1 Å². The molecule has 134 valence electrons. The maximum absolute atomic E-state index is 6.61. The molecule has 1 spiro atoms. The summed E-state index contributed by atoms with van der Waals surface area (Å²) in [6, 6.07) is 16.5. The Morgan fingerprint density at radius 3 is 2.62 bits per heavy atom. The Bertz CT molecular complexity index is 873. The molecule has 1 atom stereocenters. The first-order valence-electron chi connectivity index (χ1n) is 9.15. The Labute approximate surface area is 159 Å². The monoisotopic (exact) mass is 367 g/mol. The van der Waals surface area contributed by atoms with Gasteiger partial charge in [-0.15, -0.1) is 0 Å². The first-order valence-corrected chi connectivity index (χ1v) is 9.53. The number of piperidine rings is 1. The lowest BCUT2D eigenvalue weighted by Crippen LogP contribution is -2.63. The first kappa shape index (κ1) is 16.2. The van der Waals surface area contributed by atoms with E-state index in [1.807, 2.05) is 18.2 Å². The number of benzene rings is 2. The van der Waals surface area contributed by atoms with Crippen LogP contribution in [0.5, 0.6) is 5.75 Å². The summed E-state index contributed by atoms with van der Waals surface area (Å²) in [6.07, 6.45) is 4.21. The van der Waals surface area contributed by atoms with Gasteiger partial charge in [-0.25, -0.2) is 0 Å². The highest BCUT2D eigenvalue weighted by Gasteiger charge is 2.51. The summed E-state index contributed by atoms with van der Waals surface area (Å²) in [5.74, 6) is 0.997. The lowest BCUT2D eigenvalue weighted by atomic mass is 9.93. The molecule has 26 heavy (non-hydrogen) atoms. The summed E-state index contributed by atoms with van der Waals surface area (Å²) in [7, 11) is 2.17. The number of nitrogens with zero attached hydrogens (tertiary/aromatic N) is 2. The number of fused-ring (bicyclic) bond motifs is 4. The summed E-state index contributed by atoms with van der Waals surface area (Å²) in [6.45, 7) is 2.04. The molecule has 4 nitrogen and oxygen atoms in total. The van der Waals surface area contributed by atoms with Gasteiger partial charge in [0.2, 0.25) is 0 Å². The van der Waals surface area contributed by atoms with Gasteiger partial charge in [-0.05, 0) is 25.3 Å². The van der Waals surface area contributed by atoms with Crippen LogP contribution in [0.2, 0.25) is 5.02 Å². The van der Waals surface area contributed by atoms with Crippen LogP contribution in [0, 0.1) is 0 Å². The molecule has 5 rings (SSSR count). The van der Waals surface area contributed by atoms with Crippen molar-refractivity contribution in [1.29, 1.82) is 0 Å². The van der Waals surface area contributed by atoms with Crippen LogP contribution in [-0.4, -0.2) is 35.8 Å². The van der Waals surface area contributed by atoms with E-state index in [-0.39, 0.29) is 11.8 Å². The molecule has 3 aliphatic heterocycles. The fourth-order valence-electron chi connectivity index (χ4n) is 4.27. The molecule has 1 N–H and O–H groups in total. The van der Waals surface area contributed by atoms with Crippen LogP contribution in [0.1, 0.15) is 30.0 Å². The molecule has 3 heterocycles. The lowest BCUT2D eigenvalue weighted by Gasteiger charge is -2.51. The largest absolute Gasteiger partial charge is 0.470 e. The number of ether oxygens (including phenoxy) is 1. The van der Waals surface area contributed by atoms with Gasteiger partial charge < -0.3 is 15.1 Å². The van der Waals surface area contributed by atoms with Crippen LogP contribution < -0.4 is 10.2 Å². The van der Waals surface area contributed by atoms with E-state index < -0.39 is 0 Å². The number of hydrogen-bond acceptors (Lipinski definition) is 4. The van der Waals surface area contributed by atoms with E-state index in [0.717, 1.165) is 48.0 Å². The average molecular weight is 368 g/mol. The Hall–Kier alpha value is -2.01. The second-order valence-electron chi connectivity index (χ2n) is 7.38. The van der Waals surface area contributed by atoms with Crippen LogP contribution in [-0.2, 0) is 0 Å². The third-order valence-electron chi connectivity index (χ3n) is 5.75. The highest BCUT2D eigenvalue weighted by molar-refractivity contribution is 6.32. The summed E-state index contributed by atoms with van der Waals surface area (Å²) < 4.78 is 6.61. The van der Waals surface area contributed by atoms with Crippen LogP contribution in [0.3, 0.4) is 0 Å². The Kier molecular flexibility index (Phi) is 3.74. The van der Waals surface area contributed by atoms with Gasteiger partial charge in [0, 0.05) is 42.1 Å². The fraction of sp³-hybridized carbons (Fsp3) is 0.333. The van der Waals surface area contributed by atoms with Gasteiger partial charge in [0.15, 0.2) is 5.72 Å². The summed E-state index contributed by atoms with van der Waals surface area (Å²) in [5.41, 5.74) is 6.59. The zero-order valence-electron chi connectivity index (χ0n) is 14.8. The highest BCUT2D eigenvalue weighted by Crippen LogP contribution is 2.48. The molecule has 3 aliphatic rings. The van der Waals surface area contributed by atoms with Crippen molar-refractivity contribution in [2.45, 2.75) is 24.6 Å². The van der Waals surface area contributed by atoms with Gasteiger partial charge in [0.05, 0.1) is 11.7 Å². The maximum atomic E-state index is 6.61. The van der Waals surface area contributed by atoms with Crippen molar-refractivity contribution in [3.05, 3.63) is 70.8 Å². The highest BCUT2D eigenvalue weighted by atomic mass is 35.5. The van der Waals surface area contributed by atoms with Crippen molar-refractivity contribution in [1.82, 2.24) is 15.3 Å². The maximum Gasteiger partial charge on any atom is 0.182 e. The Morgan fingerprint density at radius 1 is 1.08 bits per heavy atom. The number of likely N-dealkylation sites (tertiary alicyclic amines) is 1. The van der Waals surface area contributed by atoms with Crippen molar-refractivity contribution in [3.8, 4) is 5.75 Å². The standard InChI is InChI=1S/C21H22ClN3O/c1-24-12-10-21(11-13-24)25-19(16-7-3-5-9-20(16)26-21)14-18(23-25)15-6-2-4-8-17(15)22/h2-9,14,19,23H,10-13H2,1H3/t19-/m1/s1. The third kappa shape index (κ3) is 2.44. The summed E-state index contributed by atoms with van der Waals surface area (Å²) in [4.78, 5) is 2.36. The van der Waals surface area contributed by atoms with Crippen LogP contribution in [0.25, 0.3) is 5.70 Å². The van der Waals surface area contributed by atoms with Crippen LogP contribution in [0.4, 0.5) is 0 Å². The second kappa shape index (κ2) is 6.02. The SMILES string of the molecule is CN1CCC2(CC1)Oc1ccccc1[C@H]1C=C(c3ccccc3Cl)NN12. The zero-order valence-corrected chi connectivity index (χ0v) is 15.5. The van der Waals surface area contributed by atoms with Crippen molar-refractivity contribution >= 4 is 17.3 Å². The summed E-state index contributed by atoms with van der Waals surface area (Å²) in [5, 5.41) is 3.07. The molecule has 0 aromatic heterocycles. The Morgan fingerprint density at radius 2 is 1.81 bits per heavy atom. The average Bonchev–Trinajstić information content (AvgIpc) is 3.11. The molecule has 0 aliphatic carbocycles. The van der Waals surface area contributed by atoms with E-state index in [0.29, 0.717) is 0 Å². The molecule has 5 heteroatoms. The van der Waals surface area contributed by atoms with Crippen LogP contribution >= 0.6 is 11.6 Å². The van der Waals surface area contributed by atoms with E-state index in [1.54, 1.807) is 0 Å². The molecule has 0 radical (unpaired) electrons. The predicted molar refractivity (Wildman–Crippen MR) is 104 cm³/mol. The number of para-hydroxylation sites is 1. The molecule has 0 bridgehead atoms. The summed E-state index contributed by atoms with van der Waals surface area (Å²) >= 11 is 6.46. The van der Waals surface area contributed by atoms with Crippen molar-refractivity contribution in [2.24, 2.45) is 0 Å². The number of hydrogen-bond donors (Lipinski definition) is 1. The topological polar surface area (TPSA) is 27.7 Å². The quantitative estimate of drug-likeness (QED) is 0.822.